The predicted octanol–water partition coefficient (Wildman–Crippen LogP) is -3.80. The first-order valence-electron chi connectivity index (χ1n) is 8.23. The van der Waals surface area contributed by atoms with Crippen LogP contribution in [0.15, 0.2) is 41.6 Å². The van der Waals surface area contributed by atoms with Gasteiger partial charge in [0.2, 0.25) is 5.91 Å². The zero-order valence-corrected chi connectivity index (χ0v) is 18.3. The Kier molecular flexibility index (Phi) is 7.70. The number of carbonyl (C=O) groups excluding carboxylic acids is 4. The molecular weight excluding hydrogens is 395 g/mol. The summed E-state index contributed by atoms with van der Waals surface area (Å²) < 4.78 is 4.85. The van der Waals surface area contributed by atoms with Gasteiger partial charge in [-0.3, -0.25) is 19.3 Å². The van der Waals surface area contributed by atoms with E-state index in [1.54, 1.807) is 0 Å². The number of hydrogen-bond donors (Lipinski definition) is 1. The van der Waals surface area contributed by atoms with Gasteiger partial charge < -0.3 is 20.0 Å². The SMILES string of the molecule is CC(=O)OCC1=C(C(=O)[O-])N2C(=O)[C@@H](NC(=O)Cc3ccccc3)[C@H]2SC1.[Na+]. The molecule has 2 aliphatic rings. The van der Waals surface area contributed by atoms with Crippen molar-refractivity contribution in [3.05, 3.63) is 47.2 Å². The maximum absolute atomic E-state index is 12.4. The van der Waals surface area contributed by atoms with Crippen LogP contribution in [0, 0.1) is 0 Å². The molecule has 0 spiro atoms. The van der Waals surface area contributed by atoms with E-state index < -0.39 is 29.3 Å². The van der Waals surface area contributed by atoms with Crippen LogP contribution in [-0.4, -0.2) is 52.4 Å². The quantitative estimate of drug-likeness (QED) is 0.289. The number of nitrogens with one attached hydrogen (secondary N) is 1. The number of amides is 2. The van der Waals surface area contributed by atoms with Crippen molar-refractivity contribution in [3.8, 4) is 0 Å². The van der Waals surface area contributed by atoms with Gasteiger partial charge in [-0.15, -0.1) is 11.8 Å². The third-order valence-electron chi connectivity index (χ3n) is 4.21. The average Bonchev–Trinajstić information content (AvgIpc) is 2.64. The summed E-state index contributed by atoms with van der Waals surface area (Å²) in [5.74, 6) is -2.63. The molecule has 1 aromatic rings. The van der Waals surface area contributed by atoms with Crippen molar-refractivity contribution in [3.63, 3.8) is 0 Å². The number of thioether (sulfide) groups is 1. The van der Waals surface area contributed by atoms with Crippen molar-refractivity contribution < 1.29 is 58.6 Å². The maximum atomic E-state index is 12.4. The average molecular weight is 412 g/mol. The van der Waals surface area contributed by atoms with E-state index in [-0.39, 0.29) is 59.9 Å². The number of carboxylic acid groups (broad SMARTS) is 1. The number of β-lactam (4-membered cyclic amide) rings is 1. The van der Waals surface area contributed by atoms with Crippen molar-refractivity contribution >= 4 is 35.5 Å². The summed E-state index contributed by atoms with van der Waals surface area (Å²) in [4.78, 5) is 48.2. The van der Waals surface area contributed by atoms with Gasteiger partial charge in [0.05, 0.1) is 18.1 Å². The molecule has 1 saturated heterocycles. The zero-order valence-electron chi connectivity index (χ0n) is 15.5. The van der Waals surface area contributed by atoms with E-state index in [1.165, 1.54) is 18.7 Å². The Morgan fingerprint density at radius 1 is 1.29 bits per heavy atom. The Morgan fingerprint density at radius 2 is 1.96 bits per heavy atom. The molecule has 8 nitrogen and oxygen atoms in total. The Balaban J connectivity index is 0.00000280. The molecule has 2 aliphatic heterocycles. The Hall–Kier alpha value is -1.81. The number of fused-ring (bicyclic) bond motifs is 1. The summed E-state index contributed by atoms with van der Waals surface area (Å²) >= 11 is 1.30. The third-order valence-corrected chi connectivity index (χ3v) is 5.55. The number of benzene rings is 1. The summed E-state index contributed by atoms with van der Waals surface area (Å²) in [6, 6.07) is 8.30. The van der Waals surface area contributed by atoms with E-state index in [9.17, 15) is 24.3 Å². The van der Waals surface area contributed by atoms with Crippen LogP contribution in [0.1, 0.15) is 12.5 Å². The van der Waals surface area contributed by atoms with Crippen molar-refractivity contribution in [2.45, 2.75) is 24.8 Å². The molecule has 0 aromatic heterocycles. The van der Waals surface area contributed by atoms with Gasteiger partial charge in [-0.2, -0.15) is 0 Å². The maximum Gasteiger partial charge on any atom is 1.00 e. The largest absolute Gasteiger partial charge is 1.00 e. The van der Waals surface area contributed by atoms with Crippen LogP contribution in [-0.2, 0) is 30.3 Å². The van der Waals surface area contributed by atoms with Crippen LogP contribution < -0.4 is 40.0 Å². The second-order valence-electron chi connectivity index (χ2n) is 6.14. The molecule has 2 atom stereocenters. The number of rotatable bonds is 6. The molecule has 0 bridgehead atoms. The van der Waals surface area contributed by atoms with Crippen molar-refractivity contribution in [1.82, 2.24) is 10.2 Å². The third kappa shape index (κ3) is 4.78. The minimum atomic E-state index is -1.51. The number of carboxylic acids is 1. The first-order chi connectivity index (χ1) is 12.9. The fourth-order valence-electron chi connectivity index (χ4n) is 2.98. The molecular formula is C18H17N2NaO6S. The van der Waals surface area contributed by atoms with Crippen molar-refractivity contribution in [2.75, 3.05) is 12.4 Å². The van der Waals surface area contributed by atoms with E-state index in [2.05, 4.69) is 5.32 Å². The van der Waals surface area contributed by atoms with Crippen LogP contribution in [0.4, 0.5) is 0 Å². The number of hydrogen-bond acceptors (Lipinski definition) is 7. The molecule has 142 valence electrons. The summed E-state index contributed by atoms with van der Waals surface area (Å²) in [5, 5.41) is 13.7. The molecule has 2 amide bonds. The Bertz CT molecular complexity index is 829. The molecule has 1 fully saturated rings. The number of nitrogens with zero attached hydrogens (tertiary/aromatic N) is 1. The summed E-state index contributed by atoms with van der Waals surface area (Å²) in [6.45, 7) is 0.998. The fraction of sp³-hybridized carbons (Fsp3) is 0.333. The monoisotopic (exact) mass is 412 g/mol. The molecule has 3 rings (SSSR count). The second kappa shape index (κ2) is 9.60. The first-order valence-corrected chi connectivity index (χ1v) is 9.28. The van der Waals surface area contributed by atoms with E-state index in [4.69, 9.17) is 4.74 Å². The predicted molar refractivity (Wildman–Crippen MR) is 93.8 cm³/mol. The molecule has 10 heteroatoms. The standard InChI is InChI=1S/C18H18N2O6S.Na/c1-10(21)26-8-12-9-27-17-14(16(23)20(17)15(12)18(24)25)19-13(22)7-11-5-3-2-4-6-11;/h2-6,14,17H,7-9H2,1H3,(H,19,22)(H,24,25);/q;+1/p-1/t14-,17-;/m1./s1. The van der Waals surface area contributed by atoms with E-state index in [0.717, 1.165) is 10.5 Å². The molecule has 1 aromatic carbocycles. The zero-order chi connectivity index (χ0) is 19.6. The molecule has 0 radical (unpaired) electrons. The van der Waals surface area contributed by atoms with Gasteiger partial charge in [0.1, 0.15) is 18.0 Å². The molecule has 0 aliphatic carbocycles. The second-order valence-corrected chi connectivity index (χ2v) is 7.24. The molecule has 0 unspecified atom stereocenters. The number of aliphatic carboxylic acids is 1. The van der Waals surface area contributed by atoms with E-state index >= 15 is 0 Å². The molecule has 2 heterocycles. The van der Waals surface area contributed by atoms with Gasteiger partial charge >= 0.3 is 35.5 Å². The van der Waals surface area contributed by atoms with Crippen LogP contribution in [0.2, 0.25) is 0 Å². The van der Waals surface area contributed by atoms with Crippen molar-refractivity contribution in [1.29, 1.82) is 0 Å². The molecule has 0 saturated carbocycles. The summed E-state index contributed by atoms with van der Waals surface area (Å²) in [5.41, 5.74) is 0.835. The van der Waals surface area contributed by atoms with Gasteiger partial charge in [-0.25, -0.2) is 0 Å². The van der Waals surface area contributed by atoms with Gasteiger partial charge in [0.15, 0.2) is 0 Å². The number of ether oxygens (including phenoxy) is 1. The topological polar surface area (TPSA) is 116 Å². The molecule has 28 heavy (non-hydrogen) atoms. The number of carbonyl (C=O) groups is 4. The first kappa shape index (κ1) is 22.5. The van der Waals surface area contributed by atoms with Crippen LogP contribution in [0.3, 0.4) is 0 Å². The number of esters is 1. The van der Waals surface area contributed by atoms with Gasteiger partial charge in [0.25, 0.3) is 5.91 Å². The van der Waals surface area contributed by atoms with Gasteiger partial charge in [0, 0.05) is 18.2 Å². The van der Waals surface area contributed by atoms with E-state index in [1.807, 2.05) is 30.3 Å². The van der Waals surface area contributed by atoms with Crippen LogP contribution in [0.5, 0.6) is 0 Å². The van der Waals surface area contributed by atoms with Crippen LogP contribution >= 0.6 is 11.8 Å². The normalized spacial score (nSPS) is 20.5. The van der Waals surface area contributed by atoms with Crippen LogP contribution in [0.25, 0.3) is 0 Å². The fourth-order valence-corrected chi connectivity index (χ4v) is 4.30. The molecule has 1 N–H and O–H groups in total. The minimum absolute atomic E-state index is 0. The van der Waals surface area contributed by atoms with Gasteiger partial charge in [-0.05, 0) is 5.56 Å². The summed E-state index contributed by atoms with van der Waals surface area (Å²) in [7, 11) is 0. The van der Waals surface area contributed by atoms with E-state index in [0.29, 0.717) is 5.57 Å². The smallest absolute Gasteiger partial charge is 0.543 e. The Labute approximate surface area is 188 Å². The summed E-state index contributed by atoms with van der Waals surface area (Å²) in [6.07, 6.45) is 0.128. The van der Waals surface area contributed by atoms with Crippen molar-refractivity contribution in [2.24, 2.45) is 0 Å². The minimum Gasteiger partial charge on any atom is -0.543 e. The van der Waals surface area contributed by atoms with Gasteiger partial charge in [-0.1, -0.05) is 30.3 Å². The Morgan fingerprint density at radius 3 is 2.57 bits per heavy atom.